The predicted octanol–water partition coefficient (Wildman–Crippen LogP) is 4.47. The topological polar surface area (TPSA) is 54.1 Å². The molecule has 3 rings (SSSR count). The van der Waals surface area contributed by atoms with Crippen LogP contribution in [-0.4, -0.2) is 24.0 Å². The lowest BCUT2D eigenvalue weighted by Gasteiger charge is -2.09. The second kappa shape index (κ2) is 7.01. The lowest BCUT2D eigenvalue weighted by atomic mass is 10.2. The van der Waals surface area contributed by atoms with Crippen molar-refractivity contribution in [3.63, 3.8) is 0 Å². The van der Waals surface area contributed by atoms with Crippen LogP contribution in [0.1, 0.15) is 24.3 Å². The van der Waals surface area contributed by atoms with E-state index in [9.17, 15) is 4.79 Å². The first kappa shape index (κ1) is 16.5. The van der Waals surface area contributed by atoms with Gasteiger partial charge in [-0.3, -0.25) is 4.79 Å². The summed E-state index contributed by atoms with van der Waals surface area (Å²) in [6.07, 6.45) is 0. The summed E-state index contributed by atoms with van der Waals surface area (Å²) >= 11 is 1.59. The molecule has 5 heteroatoms. The zero-order valence-electron chi connectivity index (χ0n) is 13.9. The maximum absolute atomic E-state index is 12.6. The maximum Gasteiger partial charge on any atom is 0.269 e. The van der Waals surface area contributed by atoms with E-state index < -0.39 is 0 Å². The highest BCUT2D eigenvalue weighted by atomic mass is 32.2. The Balaban J connectivity index is 2.10. The quantitative estimate of drug-likeness (QED) is 0.721. The van der Waals surface area contributed by atoms with Crippen LogP contribution in [0.2, 0.25) is 0 Å². The second-order valence-electron chi connectivity index (χ2n) is 5.78. The highest BCUT2D eigenvalue weighted by molar-refractivity contribution is 7.99. The normalized spacial score (nSPS) is 11.0. The van der Waals surface area contributed by atoms with Crippen LogP contribution in [0.3, 0.4) is 0 Å². The Hall–Kier alpha value is -2.40. The molecule has 124 valence electrons. The van der Waals surface area contributed by atoms with Crippen LogP contribution in [0.4, 0.5) is 0 Å². The number of rotatable bonds is 5. The van der Waals surface area contributed by atoms with Crippen LogP contribution < -0.4 is 10.1 Å². The average molecular weight is 340 g/mol. The van der Waals surface area contributed by atoms with E-state index in [4.69, 9.17) is 4.74 Å². The largest absolute Gasteiger partial charge is 0.497 e. The summed E-state index contributed by atoms with van der Waals surface area (Å²) in [6, 6.07) is 15.9. The number of amides is 1. The predicted molar refractivity (Wildman–Crippen MR) is 98.0 cm³/mol. The van der Waals surface area contributed by atoms with Crippen LogP contribution in [0.15, 0.2) is 58.3 Å². The maximum atomic E-state index is 12.6. The van der Waals surface area contributed by atoms with Crippen LogP contribution in [-0.2, 0) is 0 Å². The summed E-state index contributed by atoms with van der Waals surface area (Å²) in [5.74, 6) is 0.662. The number of carbonyl (C=O) groups excluding carboxylic acids is 1. The van der Waals surface area contributed by atoms with E-state index in [1.807, 2.05) is 62.4 Å². The van der Waals surface area contributed by atoms with Gasteiger partial charge in [-0.2, -0.15) is 0 Å². The summed E-state index contributed by atoms with van der Waals surface area (Å²) in [5, 5.41) is 3.97. The molecule has 0 unspecified atom stereocenters. The molecule has 4 nitrogen and oxygen atoms in total. The van der Waals surface area contributed by atoms with E-state index >= 15 is 0 Å². The van der Waals surface area contributed by atoms with Gasteiger partial charge in [-0.15, -0.1) is 0 Å². The van der Waals surface area contributed by atoms with Gasteiger partial charge in [-0.25, -0.2) is 0 Å². The van der Waals surface area contributed by atoms with Gasteiger partial charge in [0.2, 0.25) is 0 Å². The molecule has 0 spiro atoms. The van der Waals surface area contributed by atoms with E-state index in [0.29, 0.717) is 5.69 Å². The molecule has 0 aliphatic heterocycles. The number of carbonyl (C=O) groups is 1. The number of benzene rings is 2. The van der Waals surface area contributed by atoms with Gasteiger partial charge in [0.15, 0.2) is 0 Å². The molecule has 1 amide bonds. The Morgan fingerprint density at radius 1 is 1.17 bits per heavy atom. The molecular weight excluding hydrogens is 320 g/mol. The highest BCUT2D eigenvalue weighted by Gasteiger charge is 2.19. The number of aromatic amines is 1. The molecule has 3 aromatic rings. The van der Waals surface area contributed by atoms with Gasteiger partial charge in [-0.1, -0.05) is 30.0 Å². The van der Waals surface area contributed by atoms with E-state index in [1.54, 1.807) is 18.9 Å². The van der Waals surface area contributed by atoms with E-state index in [0.717, 1.165) is 26.4 Å². The summed E-state index contributed by atoms with van der Waals surface area (Å²) < 4.78 is 5.29. The molecule has 2 N–H and O–H groups in total. The zero-order valence-corrected chi connectivity index (χ0v) is 14.7. The number of ether oxygens (including phenoxy) is 1. The van der Waals surface area contributed by atoms with Crippen LogP contribution >= 0.6 is 11.8 Å². The third-order valence-electron chi connectivity index (χ3n) is 3.57. The fourth-order valence-electron chi connectivity index (χ4n) is 2.48. The van der Waals surface area contributed by atoms with Gasteiger partial charge in [0.25, 0.3) is 5.91 Å². The molecule has 1 aromatic heterocycles. The number of fused-ring (bicyclic) bond motifs is 1. The van der Waals surface area contributed by atoms with Crippen molar-refractivity contribution >= 4 is 28.6 Å². The summed E-state index contributed by atoms with van der Waals surface area (Å²) in [4.78, 5) is 17.9. The fraction of sp³-hybridized carbons (Fsp3) is 0.211. The van der Waals surface area contributed by atoms with E-state index in [1.165, 1.54) is 0 Å². The molecule has 0 bridgehead atoms. The van der Waals surface area contributed by atoms with Crippen molar-refractivity contribution in [1.29, 1.82) is 0 Å². The Bertz CT molecular complexity index is 856. The van der Waals surface area contributed by atoms with Gasteiger partial charge in [0.1, 0.15) is 11.4 Å². The van der Waals surface area contributed by atoms with Gasteiger partial charge in [-0.05, 0) is 38.1 Å². The minimum atomic E-state index is -0.0985. The lowest BCUT2D eigenvalue weighted by Crippen LogP contribution is -2.30. The summed E-state index contributed by atoms with van der Waals surface area (Å²) in [6.45, 7) is 3.90. The first-order chi connectivity index (χ1) is 11.6. The molecule has 0 atom stereocenters. The van der Waals surface area contributed by atoms with Gasteiger partial charge in [0, 0.05) is 22.4 Å². The fourth-order valence-corrected chi connectivity index (χ4v) is 3.55. The summed E-state index contributed by atoms with van der Waals surface area (Å²) in [7, 11) is 1.64. The minimum Gasteiger partial charge on any atom is -0.497 e. The molecule has 0 aliphatic carbocycles. The zero-order chi connectivity index (χ0) is 17.1. The third-order valence-corrected chi connectivity index (χ3v) is 4.70. The minimum absolute atomic E-state index is 0.0769. The monoisotopic (exact) mass is 340 g/mol. The molecule has 0 radical (unpaired) electrons. The molecule has 2 aromatic carbocycles. The van der Waals surface area contributed by atoms with Crippen molar-refractivity contribution in [2.24, 2.45) is 0 Å². The van der Waals surface area contributed by atoms with Crippen LogP contribution in [0.25, 0.3) is 10.9 Å². The van der Waals surface area contributed by atoms with Gasteiger partial charge in [0.05, 0.1) is 17.5 Å². The van der Waals surface area contributed by atoms with Crippen molar-refractivity contribution in [3.05, 3.63) is 54.2 Å². The smallest absolute Gasteiger partial charge is 0.269 e. The first-order valence-electron chi connectivity index (χ1n) is 7.82. The van der Waals surface area contributed by atoms with Crippen molar-refractivity contribution in [2.75, 3.05) is 7.11 Å². The Morgan fingerprint density at radius 2 is 1.92 bits per heavy atom. The van der Waals surface area contributed by atoms with Crippen LogP contribution in [0, 0.1) is 0 Å². The van der Waals surface area contributed by atoms with E-state index in [2.05, 4.69) is 10.3 Å². The van der Waals surface area contributed by atoms with Gasteiger partial charge < -0.3 is 15.0 Å². The number of hydrogen-bond donors (Lipinski definition) is 2. The van der Waals surface area contributed by atoms with Gasteiger partial charge >= 0.3 is 0 Å². The molecule has 24 heavy (non-hydrogen) atoms. The van der Waals surface area contributed by atoms with Crippen LogP contribution in [0.5, 0.6) is 5.75 Å². The summed E-state index contributed by atoms with van der Waals surface area (Å²) in [5.41, 5.74) is 1.47. The van der Waals surface area contributed by atoms with Crippen molar-refractivity contribution < 1.29 is 9.53 Å². The lowest BCUT2D eigenvalue weighted by molar-refractivity contribution is 0.0936. The molecular formula is C19H20N2O2S. The number of H-pyrrole nitrogens is 1. The van der Waals surface area contributed by atoms with Crippen molar-refractivity contribution in [1.82, 2.24) is 10.3 Å². The van der Waals surface area contributed by atoms with E-state index in [-0.39, 0.29) is 11.9 Å². The molecule has 0 saturated heterocycles. The standard InChI is InChI=1S/C19H20N2O2S/c1-12(2)20-19(22)17-18(24-14-7-5-4-6-8-14)15-10-9-13(23-3)11-16(15)21-17/h4-12,21H,1-3H3,(H,20,22). The second-order valence-corrected chi connectivity index (χ2v) is 6.87. The number of hydrogen-bond acceptors (Lipinski definition) is 3. The molecule has 0 saturated carbocycles. The Labute approximate surface area is 145 Å². The SMILES string of the molecule is COc1ccc2c(Sc3ccccc3)c(C(=O)NC(C)C)[nH]c2c1. The number of nitrogens with one attached hydrogen (secondary N) is 2. The average Bonchev–Trinajstić information content (AvgIpc) is 2.93. The first-order valence-corrected chi connectivity index (χ1v) is 8.63. The Morgan fingerprint density at radius 3 is 2.58 bits per heavy atom. The number of aromatic nitrogens is 1. The molecule has 0 fully saturated rings. The molecule has 1 heterocycles. The van der Waals surface area contributed by atoms with Crippen molar-refractivity contribution in [3.8, 4) is 5.75 Å². The number of methoxy groups -OCH3 is 1. The molecule has 0 aliphatic rings. The third kappa shape index (κ3) is 3.41. The highest BCUT2D eigenvalue weighted by Crippen LogP contribution is 2.37. The van der Waals surface area contributed by atoms with Crippen molar-refractivity contribution in [2.45, 2.75) is 29.7 Å². The Kier molecular flexibility index (Phi) is 4.81.